The van der Waals surface area contributed by atoms with E-state index in [-0.39, 0.29) is 11.8 Å². The Morgan fingerprint density at radius 1 is 1.10 bits per heavy atom. The largest absolute Gasteiger partial charge is 0.573 e. The number of amides is 1. The highest BCUT2D eigenvalue weighted by Crippen LogP contribution is 2.43. The monoisotopic (exact) mass is 580 g/mol. The molecule has 2 aliphatic heterocycles. The van der Waals surface area contributed by atoms with Gasteiger partial charge in [0.1, 0.15) is 12.1 Å². The number of anilines is 1. The van der Waals surface area contributed by atoms with Crippen molar-refractivity contribution in [1.82, 2.24) is 24.7 Å². The van der Waals surface area contributed by atoms with Crippen LogP contribution in [0, 0.1) is 5.82 Å². The number of alkyl halides is 3. The van der Waals surface area contributed by atoms with Crippen LogP contribution in [-0.4, -0.2) is 108 Å². The number of carbonyl (C=O) groups excluding carboxylic acids is 1. The SMILES string of the molecule is C[C@@H]1C[C@@H](O)c2ncnc(N3CCN(C(=O)[C@H](CCN4CCN(C)CC4)c4ccc(OC(F)(F)F)c(F)c4)CC3)c21. The lowest BCUT2D eigenvalue weighted by Gasteiger charge is -2.38. The van der Waals surface area contributed by atoms with Crippen molar-refractivity contribution in [2.24, 2.45) is 0 Å². The van der Waals surface area contributed by atoms with E-state index in [0.29, 0.717) is 56.8 Å². The lowest BCUT2D eigenvalue weighted by molar-refractivity contribution is -0.275. The first-order chi connectivity index (χ1) is 19.5. The van der Waals surface area contributed by atoms with Crippen molar-refractivity contribution in [2.45, 2.75) is 44.1 Å². The van der Waals surface area contributed by atoms with Gasteiger partial charge in [-0.25, -0.2) is 14.4 Å². The third-order valence-electron chi connectivity index (χ3n) is 8.38. The molecule has 3 atom stereocenters. The van der Waals surface area contributed by atoms with Gasteiger partial charge < -0.3 is 29.4 Å². The summed E-state index contributed by atoms with van der Waals surface area (Å²) in [6.45, 7) is 8.03. The molecule has 2 fully saturated rings. The van der Waals surface area contributed by atoms with Crippen molar-refractivity contribution in [2.75, 3.05) is 70.9 Å². The van der Waals surface area contributed by atoms with Crippen LogP contribution >= 0.6 is 0 Å². The number of ether oxygens (including phenoxy) is 1. The highest BCUT2D eigenvalue weighted by atomic mass is 19.4. The van der Waals surface area contributed by atoms with Crippen molar-refractivity contribution >= 4 is 11.7 Å². The van der Waals surface area contributed by atoms with Crippen LogP contribution in [-0.2, 0) is 4.79 Å². The minimum Gasteiger partial charge on any atom is -0.403 e. The molecule has 0 radical (unpaired) electrons. The Labute approximate surface area is 236 Å². The lowest BCUT2D eigenvalue weighted by atomic mass is 9.93. The Hall–Kier alpha value is -3.03. The van der Waals surface area contributed by atoms with Crippen molar-refractivity contribution < 1.29 is 32.2 Å². The standard InChI is InChI=1S/C28H36F4N6O3/c1-18-15-22(39)25-24(18)26(34-17-33-25)37-11-13-38(14-12-37)27(40)20(5-6-36-9-7-35(2)8-10-36)19-3-4-23(21(29)16-19)41-28(30,31)32/h3-4,16-18,20,22,39H,5-15H2,1-2H3/t18-,20-,22-/m1/s1. The van der Waals surface area contributed by atoms with Crippen LogP contribution in [0.4, 0.5) is 23.4 Å². The summed E-state index contributed by atoms with van der Waals surface area (Å²) in [5, 5.41) is 10.4. The van der Waals surface area contributed by atoms with Crippen LogP contribution in [0.25, 0.3) is 0 Å². The summed E-state index contributed by atoms with van der Waals surface area (Å²) < 4.78 is 56.6. The van der Waals surface area contributed by atoms with Crippen LogP contribution in [0.5, 0.6) is 5.75 Å². The number of nitrogens with zero attached hydrogens (tertiary/aromatic N) is 6. The van der Waals surface area contributed by atoms with E-state index in [9.17, 15) is 27.5 Å². The Balaban J connectivity index is 1.31. The summed E-state index contributed by atoms with van der Waals surface area (Å²) in [7, 11) is 2.05. The van der Waals surface area contributed by atoms with Crippen LogP contribution in [0.1, 0.15) is 54.5 Å². The van der Waals surface area contributed by atoms with Crippen molar-refractivity contribution in [3.63, 3.8) is 0 Å². The quantitative estimate of drug-likeness (QED) is 0.501. The molecule has 1 amide bonds. The predicted octanol–water partition coefficient (Wildman–Crippen LogP) is 3.12. The topological polar surface area (TPSA) is 85.3 Å². The Bertz CT molecular complexity index is 1230. The molecule has 1 aromatic heterocycles. The molecule has 1 aliphatic carbocycles. The zero-order chi connectivity index (χ0) is 29.3. The normalized spacial score (nSPS) is 23.0. The Kier molecular flexibility index (Phi) is 8.67. The highest BCUT2D eigenvalue weighted by Gasteiger charge is 2.36. The number of benzene rings is 1. The molecule has 3 aliphatic rings. The Morgan fingerprint density at radius 2 is 1.80 bits per heavy atom. The van der Waals surface area contributed by atoms with Gasteiger partial charge in [-0.15, -0.1) is 13.2 Å². The summed E-state index contributed by atoms with van der Waals surface area (Å²) in [5.74, 6) is -2.07. The number of aliphatic hydroxyl groups excluding tert-OH is 1. The van der Waals surface area contributed by atoms with Crippen LogP contribution in [0.3, 0.4) is 0 Å². The number of rotatable bonds is 7. The first kappa shape index (κ1) is 29.5. The average molecular weight is 581 g/mol. The van der Waals surface area contributed by atoms with E-state index in [0.717, 1.165) is 49.7 Å². The fraction of sp³-hybridized carbons (Fsp3) is 0.607. The van der Waals surface area contributed by atoms with Gasteiger partial charge in [-0.3, -0.25) is 4.79 Å². The second-order valence-corrected chi connectivity index (χ2v) is 11.2. The third kappa shape index (κ3) is 6.73. The predicted molar refractivity (Wildman–Crippen MR) is 143 cm³/mol. The molecule has 224 valence electrons. The molecular weight excluding hydrogens is 544 g/mol. The first-order valence-corrected chi connectivity index (χ1v) is 14.0. The number of aliphatic hydroxyl groups is 1. The number of carbonyl (C=O) groups is 1. The molecule has 0 unspecified atom stereocenters. The van der Waals surface area contributed by atoms with E-state index in [1.807, 2.05) is 6.92 Å². The maximum Gasteiger partial charge on any atom is 0.573 e. The minimum atomic E-state index is -5.02. The van der Waals surface area contributed by atoms with E-state index in [2.05, 4.69) is 36.5 Å². The second kappa shape index (κ2) is 12.1. The van der Waals surface area contributed by atoms with Crippen molar-refractivity contribution in [1.29, 1.82) is 0 Å². The van der Waals surface area contributed by atoms with E-state index >= 15 is 0 Å². The summed E-state index contributed by atoms with van der Waals surface area (Å²) in [5.41, 5.74) is 1.93. The molecule has 0 spiro atoms. The number of hydrogen-bond donors (Lipinski definition) is 1. The van der Waals surface area contributed by atoms with E-state index in [4.69, 9.17) is 0 Å². The van der Waals surface area contributed by atoms with E-state index in [1.54, 1.807) is 4.90 Å². The highest BCUT2D eigenvalue weighted by molar-refractivity contribution is 5.84. The molecule has 5 rings (SSSR count). The van der Waals surface area contributed by atoms with Gasteiger partial charge in [-0.05, 0) is 50.0 Å². The van der Waals surface area contributed by atoms with Gasteiger partial charge in [0.05, 0.1) is 17.7 Å². The van der Waals surface area contributed by atoms with Gasteiger partial charge in [0.15, 0.2) is 11.6 Å². The van der Waals surface area contributed by atoms with Gasteiger partial charge >= 0.3 is 6.36 Å². The fourth-order valence-corrected chi connectivity index (χ4v) is 6.07. The molecule has 9 nitrogen and oxygen atoms in total. The Morgan fingerprint density at radius 3 is 2.46 bits per heavy atom. The molecule has 2 aromatic rings. The number of aromatic nitrogens is 2. The van der Waals surface area contributed by atoms with Crippen molar-refractivity contribution in [3.8, 4) is 5.75 Å². The number of likely N-dealkylation sites (N-methyl/N-ethyl adjacent to an activating group) is 1. The molecule has 1 N–H and O–H groups in total. The first-order valence-electron chi connectivity index (χ1n) is 14.0. The smallest absolute Gasteiger partial charge is 0.403 e. The van der Waals surface area contributed by atoms with Gasteiger partial charge in [0.2, 0.25) is 5.91 Å². The zero-order valence-corrected chi connectivity index (χ0v) is 23.3. The van der Waals surface area contributed by atoms with Crippen LogP contribution in [0.2, 0.25) is 0 Å². The molecule has 2 saturated heterocycles. The van der Waals surface area contributed by atoms with Gasteiger partial charge in [0.25, 0.3) is 0 Å². The fourth-order valence-electron chi connectivity index (χ4n) is 6.07. The van der Waals surface area contributed by atoms with Crippen LogP contribution in [0.15, 0.2) is 24.5 Å². The molecule has 41 heavy (non-hydrogen) atoms. The summed E-state index contributed by atoms with van der Waals surface area (Å²) >= 11 is 0. The average Bonchev–Trinajstić information content (AvgIpc) is 3.23. The van der Waals surface area contributed by atoms with E-state index in [1.165, 1.54) is 12.4 Å². The molecule has 3 heterocycles. The molecule has 1 aromatic carbocycles. The van der Waals surface area contributed by atoms with E-state index < -0.39 is 30.0 Å². The number of halogens is 4. The molecular formula is C28H36F4N6O3. The minimum absolute atomic E-state index is 0.119. The van der Waals surface area contributed by atoms with Gasteiger partial charge in [-0.2, -0.15) is 0 Å². The van der Waals surface area contributed by atoms with Crippen LogP contribution < -0.4 is 9.64 Å². The van der Waals surface area contributed by atoms with Crippen molar-refractivity contribution in [3.05, 3.63) is 47.2 Å². The number of hydrogen-bond acceptors (Lipinski definition) is 8. The second-order valence-electron chi connectivity index (χ2n) is 11.2. The molecule has 0 bridgehead atoms. The third-order valence-corrected chi connectivity index (χ3v) is 8.38. The summed E-state index contributed by atoms with van der Waals surface area (Å²) in [6.07, 6.45) is -3.16. The lowest BCUT2D eigenvalue weighted by Crippen LogP contribution is -2.51. The van der Waals surface area contributed by atoms with Gasteiger partial charge in [0, 0.05) is 57.9 Å². The maximum atomic E-state index is 14.7. The molecule has 13 heteroatoms. The number of piperazine rings is 2. The zero-order valence-electron chi connectivity index (χ0n) is 23.3. The molecule has 0 saturated carbocycles. The summed E-state index contributed by atoms with van der Waals surface area (Å²) in [6, 6.07) is 3.28. The summed E-state index contributed by atoms with van der Waals surface area (Å²) in [4.78, 5) is 31.0. The number of fused-ring (bicyclic) bond motifs is 1. The maximum absolute atomic E-state index is 14.7. The van der Waals surface area contributed by atoms with Gasteiger partial charge in [-0.1, -0.05) is 13.0 Å².